The zero-order valence-corrected chi connectivity index (χ0v) is 9.32. The molecule has 18 heavy (non-hydrogen) atoms. The molecule has 0 bridgehead atoms. The van der Waals surface area contributed by atoms with Crippen molar-refractivity contribution in [2.24, 2.45) is 0 Å². The molecule has 0 aliphatic rings. The van der Waals surface area contributed by atoms with Crippen LogP contribution in [0, 0.1) is 0 Å². The van der Waals surface area contributed by atoms with Crippen molar-refractivity contribution in [3.05, 3.63) is 48.5 Å². The fourth-order valence-electron chi connectivity index (χ4n) is 1.33. The predicted octanol–water partition coefficient (Wildman–Crippen LogP) is 2.99. The van der Waals surface area contributed by atoms with Gasteiger partial charge in [-0.3, -0.25) is 0 Å². The number of hydrogen-bond donors (Lipinski definition) is 4. The Morgan fingerprint density at radius 2 is 1.33 bits per heavy atom. The summed E-state index contributed by atoms with van der Waals surface area (Å²) < 4.78 is 0. The number of aromatic hydroxyl groups is 2. The number of hydrogen-bond acceptors (Lipinski definition) is 3. The van der Waals surface area contributed by atoms with E-state index >= 15 is 0 Å². The van der Waals surface area contributed by atoms with E-state index < -0.39 is 6.16 Å². The summed E-state index contributed by atoms with van der Waals surface area (Å²) in [5, 5.41) is 32.4. The zero-order chi connectivity index (χ0) is 13.5. The lowest BCUT2D eigenvalue weighted by Gasteiger charge is -2.02. The second-order valence-corrected chi connectivity index (χ2v) is 3.35. The highest BCUT2D eigenvalue weighted by atomic mass is 16.6. The third-order valence-electron chi connectivity index (χ3n) is 2.08. The molecule has 0 fully saturated rings. The molecule has 0 unspecified atom stereocenters. The molecule has 5 heteroatoms. The van der Waals surface area contributed by atoms with Crippen molar-refractivity contribution in [1.29, 1.82) is 0 Å². The lowest BCUT2D eigenvalue weighted by atomic mass is 10.1. The summed E-state index contributed by atoms with van der Waals surface area (Å²) in [4.78, 5) is 8.56. The van der Waals surface area contributed by atoms with E-state index in [0.29, 0.717) is 0 Å². The maximum Gasteiger partial charge on any atom is 0.503 e. The van der Waals surface area contributed by atoms with Crippen LogP contribution in [0.4, 0.5) is 4.79 Å². The number of rotatable bonds is 1. The lowest BCUT2D eigenvalue weighted by molar-refractivity contribution is 0.137. The molecule has 0 atom stereocenters. The molecule has 2 aromatic carbocycles. The molecule has 0 aromatic heterocycles. The van der Waals surface area contributed by atoms with Gasteiger partial charge in [-0.2, -0.15) is 0 Å². The van der Waals surface area contributed by atoms with Gasteiger partial charge in [-0.05, 0) is 23.3 Å². The van der Waals surface area contributed by atoms with E-state index in [9.17, 15) is 5.11 Å². The summed E-state index contributed by atoms with van der Waals surface area (Å²) in [6, 6.07) is 14.5. The molecule has 0 aliphatic heterocycles. The first-order chi connectivity index (χ1) is 8.50. The molecular weight excluding hydrogens is 236 g/mol. The molecule has 0 heterocycles. The molecule has 0 saturated carbocycles. The Balaban J connectivity index is 0.000000357. The van der Waals surface area contributed by atoms with Crippen molar-refractivity contribution in [2.75, 3.05) is 0 Å². The molecule has 0 spiro atoms. The van der Waals surface area contributed by atoms with E-state index in [0.717, 1.165) is 11.1 Å². The van der Waals surface area contributed by atoms with Gasteiger partial charge in [0.25, 0.3) is 0 Å². The average molecular weight is 248 g/mol. The van der Waals surface area contributed by atoms with Crippen molar-refractivity contribution < 1.29 is 25.2 Å². The van der Waals surface area contributed by atoms with Crippen LogP contribution in [0.5, 0.6) is 11.5 Å². The predicted molar refractivity (Wildman–Crippen MR) is 65.9 cm³/mol. The standard InChI is InChI=1S/C12H10O2.CH2O3/c13-11-7-6-10(8-12(11)14)9-4-2-1-3-5-9;2-1(3)4/h1-8,13-14H;(H2,2,3,4). The largest absolute Gasteiger partial charge is 0.504 e. The van der Waals surface area contributed by atoms with Gasteiger partial charge < -0.3 is 20.4 Å². The summed E-state index contributed by atoms with van der Waals surface area (Å²) in [6.07, 6.45) is -1.83. The quantitative estimate of drug-likeness (QED) is 0.581. The van der Waals surface area contributed by atoms with Gasteiger partial charge in [0.05, 0.1) is 0 Å². The summed E-state index contributed by atoms with van der Waals surface area (Å²) in [6.45, 7) is 0. The van der Waals surface area contributed by atoms with E-state index in [2.05, 4.69) is 0 Å². The minimum absolute atomic E-state index is 0.0913. The number of carboxylic acid groups (broad SMARTS) is 2. The molecule has 0 saturated heterocycles. The molecular formula is C13H12O5. The monoisotopic (exact) mass is 248 g/mol. The minimum Gasteiger partial charge on any atom is -0.504 e. The van der Waals surface area contributed by atoms with Crippen LogP contribution in [0.2, 0.25) is 0 Å². The molecule has 2 aromatic rings. The maximum absolute atomic E-state index is 9.31. The second-order valence-electron chi connectivity index (χ2n) is 3.35. The highest BCUT2D eigenvalue weighted by Gasteiger charge is 2.01. The first-order valence-electron chi connectivity index (χ1n) is 5.00. The maximum atomic E-state index is 9.31. The summed E-state index contributed by atoms with van der Waals surface area (Å²) in [5.74, 6) is -0.184. The molecule has 4 N–H and O–H groups in total. The molecule has 2 rings (SSSR count). The molecule has 94 valence electrons. The Labute approximate surface area is 103 Å². The Morgan fingerprint density at radius 3 is 1.83 bits per heavy atom. The molecule has 5 nitrogen and oxygen atoms in total. The third kappa shape index (κ3) is 4.05. The van der Waals surface area contributed by atoms with Crippen LogP contribution < -0.4 is 0 Å². The summed E-state index contributed by atoms with van der Waals surface area (Å²) in [7, 11) is 0. The van der Waals surface area contributed by atoms with E-state index in [1.54, 1.807) is 12.1 Å². The van der Waals surface area contributed by atoms with Crippen molar-refractivity contribution in [1.82, 2.24) is 0 Å². The van der Waals surface area contributed by atoms with Crippen LogP contribution in [0.3, 0.4) is 0 Å². The molecule has 0 aliphatic carbocycles. The molecule has 0 amide bonds. The normalized spacial score (nSPS) is 9.11. The van der Waals surface area contributed by atoms with Crippen LogP contribution in [0.1, 0.15) is 0 Å². The topological polar surface area (TPSA) is 98.0 Å². The van der Waals surface area contributed by atoms with Crippen LogP contribution >= 0.6 is 0 Å². The number of phenolic OH excluding ortho intramolecular Hbond substituents is 2. The third-order valence-corrected chi connectivity index (χ3v) is 2.08. The SMILES string of the molecule is O=C(O)O.Oc1ccc(-c2ccccc2)cc1O. The van der Waals surface area contributed by atoms with E-state index in [1.165, 1.54) is 6.07 Å². The first-order valence-corrected chi connectivity index (χ1v) is 5.00. The average Bonchev–Trinajstić information content (AvgIpc) is 2.33. The van der Waals surface area contributed by atoms with Crippen LogP contribution in [0.15, 0.2) is 48.5 Å². The molecule has 0 radical (unpaired) electrons. The summed E-state index contributed by atoms with van der Waals surface area (Å²) in [5.41, 5.74) is 1.91. The van der Waals surface area contributed by atoms with Crippen LogP contribution in [0.25, 0.3) is 11.1 Å². The smallest absolute Gasteiger partial charge is 0.503 e. The van der Waals surface area contributed by atoms with Crippen LogP contribution in [-0.2, 0) is 0 Å². The van der Waals surface area contributed by atoms with Gasteiger partial charge in [-0.15, -0.1) is 0 Å². The fraction of sp³-hybridized carbons (Fsp3) is 0. The summed E-state index contributed by atoms with van der Waals surface area (Å²) >= 11 is 0. The van der Waals surface area contributed by atoms with E-state index in [-0.39, 0.29) is 11.5 Å². The van der Waals surface area contributed by atoms with Gasteiger partial charge in [-0.1, -0.05) is 36.4 Å². The van der Waals surface area contributed by atoms with Gasteiger partial charge in [-0.25, -0.2) is 4.79 Å². The van der Waals surface area contributed by atoms with Crippen molar-refractivity contribution in [2.45, 2.75) is 0 Å². The Kier molecular flexibility index (Phi) is 4.57. The second kappa shape index (κ2) is 6.15. The van der Waals surface area contributed by atoms with E-state index in [4.69, 9.17) is 20.1 Å². The number of benzene rings is 2. The van der Waals surface area contributed by atoms with Gasteiger partial charge in [0, 0.05) is 0 Å². The fourth-order valence-corrected chi connectivity index (χ4v) is 1.33. The van der Waals surface area contributed by atoms with Gasteiger partial charge in [0.2, 0.25) is 0 Å². The van der Waals surface area contributed by atoms with Crippen molar-refractivity contribution >= 4 is 6.16 Å². The number of phenols is 2. The highest BCUT2D eigenvalue weighted by Crippen LogP contribution is 2.30. The van der Waals surface area contributed by atoms with E-state index in [1.807, 2.05) is 30.3 Å². The van der Waals surface area contributed by atoms with Crippen LogP contribution in [-0.4, -0.2) is 26.6 Å². The number of carbonyl (C=O) groups is 1. The zero-order valence-electron chi connectivity index (χ0n) is 9.32. The van der Waals surface area contributed by atoms with Gasteiger partial charge in [0.15, 0.2) is 11.5 Å². The van der Waals surface area contributed by atoms with Gasteiger partial charge in [0.1, 0.15) is 0 Å². The lowest BCUT2D eigenvalue weighted by Crippen LogP contribution is -1.81. The Hall–Kier alpha value is -2.69. The van der Waals surface area contributed by atoms with Crippen molar-refractivity contribution in [3.8, 4) is 22.6 Å². The minimum atomic E-state index is -1.83. The van der Waals surface area contributed by atoms with Crippen molar-refractivity contribution in [3.63, 3.8) is 0 Å². The Bertz CT molecular complexity index is 518. The Morgan fingerprint density at radius 1 is 0.778 bits per heavy atom. The highest BCUT2D eigenvalue weighted by molar-refractivity contribution is 5.66. The first kappa shape index (κ1) is 13.4. The van der Waals surface area contributed by atoms with Gasteiger partial charge >= 0.3 is 6.16 Å².